The van der Waals surface area contributed by atoms with E-state index in [9.17, 15) is 0 Å². The van der Waals surface area contributed by atoms with Crippen LogP contribution in [0, 0.1) is 11.8 Å². The SMILES string of the molecule is CC(CNCCOC1(C)CNC1)C1CC1. The van der Waals surface area contributed by atoms with Gasteiger partial charge in [-0.05, 0) is 38.1 Å². The third-order valence-corrected chi connectivity index (χ3v) is 3.62. The molecule has 0 aromatic rings. The van der Waals surface area contributed by atoms with Crippen LogP contribution in [0.4, 0.5) is 0 Å². The van der Waals surface area contributed by atoms with E-state index >= 15 is 0 Å². The smallest absolute Gasteiger partial charge is 0.0902 e. The Bertz CT molecular complexity index is 200. The van der Waals surface area contributed by atoms with Gasteiger partial charge in [-0.1, -0.05) is 6.92 Å². The van der Waals surface area contributed by atoms with Crippen LogP contribution in [-0.2, 0) is 4.74 Å². The molecule has 1 atom stereocenters. The van der Waals surface area contributed by atoms with Crippen LogP contribution in [0.5, 0.6) is 0 Å². The fourth-order valence-corrected chi connectivity index (χ4v) is 2.11. The lowest BCUT2D eigenvalue weighted by Gasteiger charge is -2.39. The predicted molar refractivity (Wildman–Crippen MR) is 62.0 cm³/mol. The quantitative estimate of drug-likeness (QED) is 0.618. The maximum Gasteiger partial charge on any atom is 0.0902 e. The lowest BCUT2D eigenvalue weighted by molar-refractivity contribution is -0.0649. The van der Waals surface area contributed by atoms with Crippen LogP contribution in [0.2, 0.25) is 0 Å². The molecule has 1 aliphatic carbocycles. The first kappa shape index (κ1) is 11.4. The average molecular weight is 212 g/mol. The van der Waals surface area contributed by atoms with Crippen molar-refractivity contribution in [2.24, 2.45) is 11.8 Å². The first-order valence-corrected chi connectivity index (χ1v) is 6.25. The van der Waals surface area contributed by atoms with E-state index in [4.69, 9.17) is 4.74 Å². The third-order valence-electron chi connectivity index (χ3n) is 3.62. The van der Waals surface area contributed by atoms with Crippen LogP contribution in [0.15, 0.2) is 0 Å². The van der Waals surface area contributed by atoms with Gasteiger partial charge in [0.15, 0.2) is 0 Å². The van der Waals surface area contributed by atoms with Crippen molar-refractivity contribution in [2.75, 3.05) is 32.8 Å². The molecule has 1 heterocycles. The van der Waals surface area contributed by atoms with E-state index in [1.54, 1.807) is 0 Å². The van der Waals surface area contributed by atoms with E-state index in [1.165, 1.54) is 12.8 Å². The van der Waals surface area contributed by atoms with Crippen molar-refractivity contribution in [3.05, 3.63) is 0 Å². The lowest BCUT2D eigenvalue weighted by atomic mass is 10.0. The third kappa shape index (κ3) is 3.44. The Kier molecular flexibility index (Phi) is 3.65. The van der Waals surface area contributed by atoms with E-state index in [1.807, 2.05) is 0 Å². The Morgan fingerprint density at radius 2 is 2.20 bits per heavy atom. The molecule has 0 amide bonds. The highest BCUT2D eigenvalue weighted by Gasteiger charge is 2.32. The molecule has 0 bridgehead atoms. The summed E-state index contributed by atoms with van der Waals surface area (Å²) < 4.78 is 5.80. The second-order valence-electron chi connectivity index (χ2n) is 5.42. The molecular weight excluding hydrogens is 188 g/mol. The molecule has 0 aromatic carbocycles. The van der Waals surface area contributed by atoms with Gasteiger partial charge in [0.05, 0.1) is 12.2 Å². The minimum Gasteiger partial charge on any atom is -0.371 e. The van der Waals surface area contributed by atoms with Crippen molar-refractivity contribution in [1.29, 1.82) is 0 Å². The highest BCUT2D eigenvalue weighted by molar-refractivity contribution is 4.90. The number of nitrogens with one attached hydrogen (secondary N) is 2. The largest absolute Gasteiger partial charge is 0.371 e. The molecular formula is C12H24N2O. The van der Waals surface area contributed by atoms with Crippen LogP contribution >= 0.6 is 0 Å². The molecule has 88 valence electrons. The molecule has 2 rings (SSSR count). The van der Waals surface area contributed by atoms with E-state index in [2.05, 4.69) is 24.5 Å². The monoisotopic (exact) mass is 212 g/mol. The molecule has 15 heavy (non-hydrogen) atoms. The molecule has 0 spiro atoms. The fraction of sp³-hybridized carbons (Fsp3) is 1.00. The minimum atomic E-state index is 0.115. The summed E-state index contributed by atoms with van der Waals surface area (Å²) in [6.45, 7) is 9.53. The molecule has 0 aromatic heterocycles. The fourth-order valence-electron chi connectivity index (χ4n) is 2.11. The highest BCUT2D eigenvalue weighted by Crippen LogP contribution is 2.35. The first-order chi connectivity index (χ1) is 7.20. The normalized spacial score (nSPS) is 26.0. The Morgan fingerprint density at radius 3 is 2.73 bits per heavy atom. The molecule has 2 N–H and O–H groups in total. The molecule has 3 nitrogen and oxygen atoms in total. The molecule has 1 aliphatic heterocycles. The van der Waals surface area contributed by atoms with Crippen molar-refractivity contribution in [3.63, 3.8) is 0 Å². The van der Waals surface area contributed by atoms with Crippen LogP contribution < -0.4 is 10.6 Å². The van der Waals surface area contributed by atoms with Gasteiger partial charge in [-0.3, -0.25) is 0 Å². The lowest BCUT2D eigenvalue weighted by Crippen LogP contribution is -2.59. The molecule has 0 radical (unpaired) electrons. The van der Waals surface area contributed by atoms with Crippen molar-refractivity contribution < 1.29 is 4.74 Å². The van der Waals surface area contributed by atoms with E-state index in [0.717, 1.165) is 44.6 Å². The van der Waals surface area contributed by atoms with E-state index in [-0.39, 0.29) is 5.60 Å². The van der Waals surface area contributed by atoms with Crippen LogP contribution in [0.1, 0.15) is 26.7 Å². The van der Waals surface area contributed by atoms with Gasteiger partial charge >= 0.3 is 0 Å². The molecule has 3 heteroatoms. The number of hydrogen-bond acceptors (Lipinski definition) is 3. The Balaban J connectivity index is 1.44. The van der Waals surface area contributed by atoms with Crippen molar-refractivity contribution in [2.45, 2.75) is 32.3 Å². The van der Waals surface area contributed by atoms with Crippen molar-refractivity contribution >= 4 is 0 Å². The first-order valence-electron chi connectivity index (χ1n) is 6.25. The van der Waals surface area contributed by atoms with E-state index < -0.39 is 0 Å². The molecule has 2 fully saturated rings. The van der Waals surface area contributed by atoms with Crippen LogP contribution in [-0.4, -0.2) is 38.4 Å². The maximum atomic E-state index is 5.80. The molecule has 1 unspecified atom stereocenters. The predicted octanol–water partition coefficient (Wildman–Crippen LogP) is 1.00. The average Bonchev–Trinajstić information content (AvgIpc) is 2.97. The van der Waals surface area contributed by atoms with Gasteiger partial charge < -0.3 is 15.4 Å². The summed E-state index contributed by atoms with van der Waals surface area (Å²) in [5.41, 5.74) is 0.115. The number of ether oxygens (including phenoxy) is 1. The van der Waals surface area contributed by atoms with Crippen LogP contribution in [0.3, 0.4) is 0 Å². The van der Waals surface area contributed by atoms with Crippen LogP contribution in [0.25, 0.3) is 0 Å². The number of hydrogen-bond donors (Lipinski definition) is 2. The zero-order chi connectivity index (χ0) is 10.7. The van der Waals surface area contributed by atoms with Gasteiger partial charge in [-0.2, -0.15) is 0 Å². The van der Waals surface area contributed by atoms with Crippen molar-refractivity contribution in [1.82, 2.24) is 10.6 Å². The summed E-state index contributed by atoms with van der Waals surface area (Å²) in [6, 6.07) is 0. The van der Waals surface area contributed by atoms with Crippen molar-refractivity contribution in [3.8, 4) is 0 Å². The summed E-state index contributed by atoms with van der Waals surface area (Å²) >= 11 is 0. The Labute approximate surface area is 93.0 Å². The van der Waals surface area contributed by atoms with Gasteiger partial charge in [0, 0.05) is 19.6 Å². The molecule has 2 aliphatic rings. The second-order valence-corrected chi connectivity index (χ2v) is 5.42. The zero-order valence-corrected chi connectivity index (χ0v) is 10.0. The summed E-state index contributed by atoms with van der Waals surface area (Å²) in [6.07, 6.45) is 2.90. The van der Waals surface area contributed by atoms with Gasteiger partial charge in [-0.15, -0.1) is 0 Å². The van der Waals surface area contributed by atoms with Gasteiger partial charge in [-0.25, -0.2) is 0 Å². The standard InChI is InChI=1S/C12H24N2O/c1-10(11-3-4-11)7-13-5-6-15-12(2)8-14-9-12/h10-11,13-14H,3-9H2,1-2H3. The summed E-state index contributed by atoms with van der Waals surface area (Å²) in [4.78, 5) is 0. The molecule has 1 saturated heterocycles. The van der Waals surface area contributed by atoms with Gasteiger partial charge in [0.1, 0.15) is 0 Å². The van der Waals surface area contributed by atoms with Gasteiger partial charge in [0.25, 0.3) is 0 Å². The van der Waals surface area contributed by atoms with E-state index in [0.29, 0.717) is 0 Å². The second kappa shape index (κ2) is 4.81. The Morgan fingerprint density at radius 1 is 1.47 bits per heavy atom. The highest BCUT2D eigenvalue weighted by atomic mass is 16.5. The topological polar surface area (TPSA) is 33.3 Å². The number of rotatable bonds is 7. The summed E-state index contributed by atoms with van der Waals surface area (Å²) in [7, 11) is 0. The molecule has 1 saturated carbocycles. The zero-order valence-electron chi connectivity index (χ0n) is 10.0. The summed E-state index contributed by atoms with van der Waals surface area (Å²) in [5, 5.41) is 6.72. The summed E-state index contributed by atoms with van der Waals surface area (Å²) in [5.74, 6) is 1.86. The Hall–Kier alpha value is -0.120. The van der Waals surface area contributed by atoms with Gasteiger partial charge in [0.2, 0.25) is 0 Å². The minimum absolute atomic E-state index is 0.115. The maximum absolute atomic E-state index is 5.80.